The number of hydrogen-bond acceptors (Lipinski definition) is 1. The average molecular weight is 196 g/mol. The number of aromatic nitrogens is 2. The van der Waals surface area contributed by atoms with Crippen LogP contribution in [0.5, 0.6) is 0 Å². The summed E-state index contributed by atoms with van der Waals surface area (Å²) >= 11 is 5.23. The molecule has 1 N–H and O–H groups in total. The van der Waals surface area contributed by atoms with Crippen molar-refractivity contribution >= 4 is 12.2 Å². The van der Waals surface area contributed by atoms with Crippen molar-refractivity contribution < 1.29 is 0 Å². The molecule has 1 heterocycles. The molecule has 1 fully saturated rings. The van der Waals surface area contributed by atoms with Gasteiger partial charge in [0, 0.05) is 17.9 Å². The fourth-order valence-corrected chi connectivity index (χ4v) is 2.34. The Morgan fingerprint density at radius 3 is 2.85 bits per heavy atom. The Morgan fingerprint density at radius 2 is 2.38 bits per heavy atom. The van der Waals surface area contributed by atoms with Crippen molar-refractivity contribution in [2.24, 2.45) is 5.92 Å². The minimum Gasteiger partial charge on any atom is -0.337 e. The first-order valence-electron chi connectivity index (χ1n) is 4.95. The van der Waals surface area contributed by atoms with Gasteiger partial charge in [-0.15, -0.1) is 0 Å². The van der Waals surface area contributed by atoms with E-state index in [4.69, 9.17) is 12.2 Å². The minimum absolute atomic E-state index is 0.561. The first-order valence-corrected chi connectivity index (χ1v) is 5.36. The lowest BCUT2D eigenvalue weighted by atomic mass is 10.1. The molecule has 0 saturated heterocycles. The maximum absolute atomic E-state index is 5.23. The Kier molecular flexibility index (Phi) is 2.28. The van der Waals surface area contributed by atoms with E-state index in [2.05, 4.69) is 23.4 Å². The van der Waals surface area contributed by atoms with E-state index < -0.39 is 0 Å². The summed E-state index contributed by atoms with van der Waals surface area (Å²) < 4.78 is 3.10. The van der Waals surface area contributed by atoms with Crippen LogP contribution in [0.4, 0.5) is 0 Å². The van der Waals surface area contributed by atoms with Gasteiger partial charge in [-0.3, -0.25) is 0 Å². The smallest absolute Gasteiger partial charge is 0.177 e. The third-order valence-corrected chi connectivity index (χ3v) is 3.13. The highest BCUT2D eigenvalue weighted by atomic mass is 32.1. The zero-order valence-electron chi connectivity index (χ0n) is 8.21. The lowest BCUT2D eigenvalue weighted by Crippen LogP contribution is -2.07. The fraction of sp³-hybridized carbons (Fsp3) is 0.700. The zero-order valence-corrected chi connectivity index (χ0v) is 9.03. The van der Waals surface area contributed by atoms with Gasteiger partial charge in [-0.05, 0) is 38.4 Å². The van der Waals surface area contributed by atoms with E-state index in [1.165, 1.54) is 25.0 Å². The third-order valence-electron chi connectivity index (χ3n) is 2.82. The Morgan fingerprint density at radius 1 is 1.69 bits per heavy atom. The number of aryl methyl sites for hydroxylation is 1. The van der Waals surface area contributed by atoms with Crippen molar-refractivity contribution in [2.45, 2.75) is 39.2 Å². The average Bonchev–Trinajstić information content (AvgIpc) is 2.79. The molecule has 0 aromatic carbocycles. The van der Waals surface area contributed by atoms with E-state index in [1.807, 2.05) is 6.20 Å². The molecule has 0 spiro atoms. The highest BCUT2D eigenvalue weighted by Gasteiger charge is 2.24. The second-order valence-electron chi connectivity index (χ2n) is 4.13. The van der Waals surface area contributed by atoms with E-state index in [1.54, 1.807) is 0 Å². The molecule has 72 valence electrons. The number of nitrogens with one attached hydrogen (secondary N) is 1. The maximum atomic E-state index is 5.23. The van der Waals surface area contributed by atoms with Crippen molar-refractivity contribution in [3.63, 3.8) is 0 Å². The van der Waals surface area contributed by atoms with Gasteiger partial charge in [-0.1, -0.05) is 12.8 Å². The second-order valence-corrected chi connectivity index (χ2v) is 4.52. The first-order chi connectivity index (χ1) is 6.18. The maximum Gasteiger partial charge on any atom is 0.177 e. The van der Waals surface area contributed by atoms with E-state index >= 15 is 0 Å². The van der Waals surface area contributed by atoms with Crippen molar-refractivity contribution in [3.8, 4) is 0 Å². The van der Waals surface area contributed by atoms with Crippen molar-refractivity contribution in [1.29, 1.82) is 0 Å². The Bertz CT molecular complexity index is 346. The molecule has 1 aliphatic carbocycles. The number of nitrogens with zero attached hydrogens (tertiary/aromatic N) is 1. The Hall–Kier alpha value is -0.570. The van der Waals surface area contributed by atoms with E-state index in [0.29, 0.717) is 6.04 Å². The van der Waals surface area contributed by atoms with Crippen LogP contribution in [0.2, 0.25) is 0 Å². The summed E-state index contributed by atoms with van der Waals surface area (Å²) in [6.45, 7) is 4.37. The van der Waals surface area contributed by atoms with E-state index in [9.17, 15) is 0 Å². The van der Waals surface area contributed by atoms with Crippen LogP contribution in [0.25, 0.3) is 0 Å². The molecule has 0 bridgehead atoms. The van der Waals surface area contributed by atoms with E-state index in [0.717, 1.165) is 10.7 Å². The van der Waals surface area contributed by atoms with Crippen LogP contribution < -0.4 is 0 Å². The van der Waals surface area contributed by atoms with E-state index in [-0.39, 0.29) is 0 Å². The normalized spacial score (nSPS) is 18.9. The van der Waals surface area contributed by atoms with Gasteiger partial charge in [0.2, 0.25) is 0 Å². The summed E-state index contributed by atoms with van der Waals surface area (Å²) in [6, 6.07) is 0.561. The third kappa shape index (κ3) is 1.85. The van der Waals surface area contributed by atoms with Crippen LogP contribution in [-0.2, 0) is 0 Å². The summed E-state index contributed by atoms with van der Waals surface area (Å²) in [6.07, 6.45) is 6.11. The molecule has 0 amide bonds. The number of hydrogen-bond donors (Lipinski definition) is 1. The predicted molar refractivity (Wildman–Crippen MR) is 56.4 cm³/mol. The van der Waals surface area contributed by atoms with Crippen LogP contribution in [0.3, 0.4) is 0 Å². The monoisotopic (exact) mass is 196 g/mol. The van der Waals surface area contributed by atoms with Gasteiger partial charge in [0.05, 0.1) is 0 Å². The summed E-state index contributed by atoms with van der Waals surface area (Å²) in [4.78, 5) is 3.09. The van der Waals surface area contributed by atoms with Gasteiger partial charge >= 0.3 is 0 Å². The lowest BCUT2D eigenvalue weighted by molar-refractivity contribution is 0.465. The SMILES string of the molecule is Cc1c[nH]c(=S)n1C(C)CC1CC1. The van der Waals surface area contributed by atoms with Crippen molar-refractivity contribution in [1.82, 2.24) is 9.55 Å². The van der Waals surface area contributed by atoms with Crippen LogP contribution >= 0.6 is 12.2 Å². The van der Waals surface area contributed by atoms with Gasteiger partial charge in [0.1, 0.15) is 0 Å². The van der Waals surface area contributed by atoms with Crippen LogP contribution in [-0.4, -0.2) is 9.55 Å². The topological polar surface area (TPSA) is 20.7 Å². The Balaban J connectivity index is 2.17. The highest BCUT2D eigenvalue weighted by molar-refractivity contribution is 7.71. The van der Waals surface area contributed by atoms with Crippen LogP contribution in [0.1, 0.15) is 37.9 Å². The minimum atomic E-state index is 0.561. The summed E-state index contributed by atoms with van der Waals surface area (Å²) in [5, 5.41) is 0. The summed E-state index contributed by atoms with van der Waals surface area (Å²) in [7, 11) is 0. The van der Waals surface area contributed by atoms with Crippen molar-refractivity contribution in [3.05, 3.63) is 16.7 Å². The molecule has 0 radical (unpaired) electrons. The fourth-order valence-electron chi connectivity index (χ4n) is 1.95. The second kappa shape index (κ2) is 3.29. The standard InChI is InChI=1S/C10H16N2S/c1-7(5-9-3-4-9)12-8(2)6-11-10(12)13/h6-7,9H,3-5H2,1-2H3,(H,11,13). The molecule has 2 nitrogen and oxygen atoms in total. The quantitative estimate of drug-likeness (QED) is 0.736. The molecule has 1 saturated carbocycles. The first kappa shape index (κ1) is 9.00. The molecule has 0 aliphatic heterocycles. The summed E-state index contributed by atoms with van der Waals surface area (Å²) in [5.74, 6) is 0.964. The lowest BCUT2D eigenvalue weighted by Gasteiger charge is -2.14. The van der Waals surface area contributed by atoms with Crippen LogP contribution in [0.15, 0.2) is 6.20 Å². The largest absolute Gasteiger partial charge is 0.337 e. The van der Waals surface area contributed by atoms with Gasteiger partial charge in [-0.2, -0.15) is 0 Å². The molecule has 2 rings (SSSR count). The molecule has 1 unspecified atom stereocenters. The molecule has 1 aromatic heterocycles. The van der Waals surface area contributed by atoms with Gasteiger partial charge < -0.3 is 9.55 Å². The predicted octanol–water partition coefficient (Wildman–Crippen LogP) is 3.22. The molecule has 13 heavy (non-hydrogen) atoms. The number of aromatic amines is 1. The summed E-state index contributed by atoms with van der Waals surface area (Å²) in [5.41, 5.74) is 1.25. The zero-order chi connectivity index (χ0) is 9.42. The number of imidazole rings is 1. The molecule has 3 heteroatoms. The van der Waals surface area contributed by atoms with Crippen molar-refractivity contribution in [2.75, 3.05) is 0 Å². The highest BCUT2D eigenvalue weighted by Crippen LogP contribution is 2.36. The van der Waals surface area contributed by atoms with Crippen LogP contribution in [0, 0.1) is 17.6 Å². The Labute approximate surface area is 84.0 Å². The molecular formula is C10H16N2S. The van der Waals surface area contributed by atoms with Gasteiger partial charge in [-0.25, -0.2) is 0 Å². The van der Waals surface area contributed by atoms with Gasteiger partial charge in [0.25, 0.3) is 0 Å². The van der Waals surface area contributed by atoms with Gasteiger partial charge in [0.15, 0.2) is 4.77 Å². The number of H-pyrrole nitrogens is 1. The molecular weight excluding hydrogens is 180 g/mol. The molecule has 1 aromatic rings. The molecule has 1 atom stereocenters. The molecule has 1 aliphatic rings. The number of rotatable bonds is 3.